The first-order chi connectivity index (χ1) is 7.84. The molecule has 0 bridgehead atoms. The van der Waals surface area contributed by atoms with E-state index in [4.69, 9.17) is 0 Å². The summed E-state index contributed by atoms with van der Waals surface area (Å²) in [7, 11) is 0. The molecular weight excluding hydrogens is 207 g/mol. The zero-order valence-electron chi connectivity index (χ0n) is 8.88. The first-order valence-corrected chi connectivity index (χ1v) is 5.63. The second-order valence-electron chi connectivity index (χ2n) is 4.29. The quantitative estimate of drug-likeness (QED) is 0.739. The van der Waals surface area contributed by atoms with Crippen LogP contribution in [0.1, 0.15) is 37.3 Å². The summed E-state index contributed by atoms with van der Waals surface area (Å²) in [5, 5.41) is 4.16. The lowest BCUT2D eigenvalue weighted by molar-refractivity contribution is 0.233. The van der Waals surface area contributed by atoms with Crippen LogP contribution in [-0.2, 0) is 0 Å². The summed E-state index contributed by atoms with van der Waals surface area (Å²) in [6, 6.07) is 1.96. The average molecular weight is 220 g/mol. The number of aromatic nitrogens is 4. The van der Waals surface area contributed by atoms with Crippen LogP contribution in [0.2, 0.25) is 0 Å². The Balaban J connectivity index is 1.96. The van der Waals surface area contributed by atoms with Crippen LogP contribution in [0.15, 0.2) is 18.6 Å². The molecule has 0 aromatic carbocycles. The Kier molecular flexibility index (Phi) is 2.31. The molecule has 1 fully saturated rings. The van der Waals surface area contributed by atoms with Gasteiger partial charge >= 0.3 is 0 Å². The summed E-state index contributed by atoms with van der Waals surface area (Å²) in [6.45, 7) is 0. The maximum absolute atomic E-state index is 13.1. The van der Waals surface area contributed by atoms with Crippen LogP contribution in [0.5, 0.6) is 0 Å². The van der Waals surface area contributed by atoms with Crippen molar-refractivity contribution in [3.05, 3.63) is 24.3 Å². The Morgan fingerprint density at radius 2 is 2.00 bits per heavy atom. The van der Waals surface area contributed by atoms with Crippen LogP contribution in [-0.4, -0.2) is 25.8 Å². The van der Waals surface area contributed by atoms with Gasteiger partial charge in [0.05, 0.1) is 5.69 Å². The van der Waals surface area contributed by atoms with Crippen LogP contribution < -0.4 is 0 Å². The van der Waals surface area contributed by atoms with Crippen molar-refractivity contribution in [1.82, 2.24) is 19.6 Å². The molecule has 1 saturated carbocycles. The van der Waals surface area contributed by atoms with Gasteiger partial charge in [0.15, 0.2) is 0 Å². The molecule has 3 rings (SSSR count). The Hall–Kier alpha value is -1.52. The maximum Gasteiger partial charge on any atom is 0.252 e. The lowest BCUT2D eigenvalue weighted by atomic mass is 9.86. The summed E-state index contributed by atoms with van der Waals surface area (Å²) in [5.74, 6) is 1.01. The van der Waals surface area contributed by atoms with Crippen LogP contribution >= 0.6 is 0 Å². The first kappa shape index (κ1) is 9.69. The number of rotatable bonds is 1. The van der Waals surface area contributed by atoms with Gasteiger partial charge in [-0.05, 0) is 31.7 Å². The van der Waals surface area contributed by atoms with E-state index in [9.17, 15) is 4.39 Å². The van der Waals surface area contributed by atoms with Gasteiger partial charge in [0.1, 0.15) is 12.5 Å². The minimum absolute atomic E-state index is 0.388. The van der Waals surface area contributed by atoms with E-state index in [2.05, 4.69) is 15.1 Å². The van der Waals surface area contributed by atoms with Gasteiger partial charge < -0.3 is 0 Å². The average Bonchev–Trinajstić information content (AvgIpc) is 2.78. The topological polar surface area (TPSA) is 43.1 Å². The highest BCUT2D eigenvalue weighted by molar-refractivity contribution is 5.28. The van der Waals surface area contributed by atoms with E-state index >= 15 is 0 Å². The van der Waals surface area contributed by atoms with E-state index in [1.165, 1.54) is 6.33 Å². The summed E-state index contributed by atoms with van der Waals surface area (Å²) in [5.41, 5.74) is 1.11. The van der Waals surface area contributed by atoms with Crippen LogP contribution in [0, 0.1) is 0 Å². The highest BCUT2D eigenvalue weighted by atomic mass is 19.1. The number of hydrogen-bond acceptors (Lipinski definition) is 3. The van der Waals surface area contributed by atoms with Crippen molar-refractivity contribution in [3.8, 4) is 0 Å². The highest BCUT2D eigenvalue weighted by Gasteiger charge is 2.23. The van der Waals surface area contributed by atoms with E-state index < -0.39 is 6.17 Å². The monoisotopic (exact) mass is 220 g/mol. The lowest BCUT2D eigenvalue weighted by Gasteiger charge is -2.24. The second-order valence-corrected chi connectivity index (χ2v) is 4.29. The molecule has 1 aliphatic carbocycles. The van der Waals surface area contributed by atoms with Crippen LogP contribution in [0.25, 0.3) is 5.78 Å². The molecule has 0 amide bonds. The highest BCUT2D eigenvalue weighted by Crippen LogP contribution is 2.33. The molecule has 0 radical (unpaired) electrons. The largest absolute Gasteiger partial charge is 0.252 e. The van der Waals surface area contributed by atoms with Gasteiger partial charge in [0, 0.05) is 12.1 Å². The third kappa shape index (κ3) is 1.56. The standard InChI is InChI=1S/C11H13FN4/c12-9-3-1-8(2-4-9)10-5-6-13-11-14-7-15-16(10)11/h5-9H,1-4H2. The maximum atomic E-state index is 13.1. The van der Waals surface area contributed by atoms with Crippen molar-refractivity contribution in [1.29, 1.82) is 0 Å². The molecule has 0 saturated heterocycles. The zero-order valence-corrected chi connectivity index (χ0v) is 8.88. The van der Waals surface area contributed by atoms with E-state index in [0.717, 1.165) is 18.5 Å². The SMILES string of the molecule is FC1CCC(c2ccnc3ncnn23)CC1. The molecule has 0 spiro atoms. The third-order valence-electron chi connectivity index (χ3n) is 3.28. The lowest BCUT2D eigenvalue weighted by Crippen LogP contribution is -2.16. The van der Waals surface area contributed by atoms with Crippen molar-refractivity contribution in [2.24, 2.45) is 0 Å². The Bertz CT molecular complexity index is 487. The fourth-order valence-corrected chi connectivity index (χ4v) is 2.41. The number of hydrogen-bond donors (Lipinski definition) is 0. The Labute approximate surface area is 92.5 Å². The van der Waals surface area contributed by atoms with Gasteiger partial charge in [0.2, 0.25) is 0 Å². The third-order valence-corrected chi connectivity index (χ3v) is 3.28. The minimum Gasteiger partial charge on any atom is -0.247 e. The van der Waals surface area contributed by atoms with Gasteiger partial charge in [-0.1, -0.05) is 0 Å². The fourth-order valence-electron chi connectivity index (χ4n) is 2.41. The molecule has 0 aliphatic heterocycles. The summed E-state index contributed by atoms with van der Waals surface area (Å²) in [4.78, 5) is 8.18. The number of halogens is 1. The van der Waals surface area contributed by atoms with Gasteiger partial charge in [-0.2, -0.15) is 10.1 Å². The van der Waals surface area contributed by atoms with E-state index in [-0.39, 0.29) is 0 Å². The molecule has 5 heteroatoms. The van der Waals surface area contributed by atoms with E-state index in [1.807, 2.05) is 6.07 Å². The van der Waals surface area contributed by atoms with Crippen molar-refractivity contribution >= 4 is 5.78 Å². The second kappa shape index (κ2) is 3.81. The molecule has 1 aliphatic rings. The van der Waals surface area contributed by atoms with Crippen molar-refractivity contribution in [2.45, 2.75) is 37.8 Å². The molecule has 0 atom stereocenters. The summed E-state index contributed by atoms with van der Waals surface area (Å²) < 4.78 is 14.8. The molecule has 84 valence electrons. The van der Waals surface area contributed by atoms with Gasteiger partial charge in [-0.3, -0.25) is 0 Å². The van der Waals surface area contributed by atoms with Crippen molar-refractivity contribution in [3.63, 3.8) is 0 Å². The summed E-state index contributed by atoms with van der Waals surface area (Å²) in [6.07, 6.45) is 5.73. The van der Waals surface area contributed by atoms with Crippen LogP contribution in [0.4, 0.5) is 4.39 Å². The number of fused-ring (bicyclic) bond motifs is 1. The predicted octanol–water partition coefficient (Wildman–Crippen LogP) is 2.12. The molecule has 2 aromatic heterocycles. The zero-order chi connectivity index (χ0) is 11.0. The van der Waals surface area contributed by atoms with Crippen molar-refractivity contribution < 1.29 is 4.39 Å². The minimum atomic E-state index is -0.621. The molecule has 2 heterocycles. The smallest absolute Gasteiger partial charge is 0.247 e. The Morgan fingerprint density at radius 1 is 1.19 bits per heavy atom. The van der Waals surface area contributed by atoms with Crippen LogP contribution in [0.3, 0.4) is 0 Å². The molecule has 4 nitrogen and oxygen atoms in total. The fraction of sp³-hybridized carbons (Fsp3) is 0.545. The number of nitrogens with zero attached hydrogens (tertiary/aromatic N) is 4. The van der Waals surface area contributed by atoms with Crippen molar-refractivity contribution in [2.75, 3.05) is 0 Å². The van der Waals surface area contributed by atoms with Gasteiger partial charge in [0.25, 0.3) is 5.78 Å². The predicted molar refractivity (Wildman–Crippen MR) is 56.9 cm³/mol. The summed E-state index contributed by atoms with van der Waals surface area (Å²) >= 11 is 0. The molecule has 0 unspecified atom stereocenters. The molecule has 2 aromatic rings. The normalized spacial score (nSPS) is 26.1. The molecule has 16 heavy (non-hydrogen) atoms. The first-order valence-electron chi connectivity index (χ1n) is 5.63. The van der Waals surface area contributed by atoms with E-state index in [1.54, 1.807) is 10.7 Å². The van der Waals surface area contributed by atoms with Gasteiger partial charge in [-0.25, -0.2) is 13.9 Å². The van der Waals surface area contributed by atoms with E-state index in [0.29, 0.717) is 24.5 Å². The molecular formula is C11H13FN4. The molecule has 0 N–H and O–H groups in total. The number of alkyl halides is 1. The Morgan fingerprint density at radius 3 is 2.81 bits per heavy atom. The van der Waals surface area contributed by atoms with Gasteiger partial charge in [-0.15, -0.1) is 0 Å².